The Morgan fingerprint density at radius 2 is 1.71 bits per heavy atom. The van der Waals surface area contributed by atoms with Crippen LogP contribution in [-0.2, 0) is 13.0 Å². The zero-order chi connectivity index (χ0) is 21.8. The highest BCUT2D eigenvalue weighted by molar-refractivity contribution is 6.31. The molecule has 31 heavy (non-hydrogen) atoms. The van der Waals surface area contributed by atoms with Crippen LogP contribution in [0.1, 0.15) is 36.2 Å². The molecule has 1 heterocycles. The first-order valence-corrected chi connectivity index (χ1v) is 10.9. The lowest BCUT2D eigenvalue weighted by molar-refractivity contribution is 0.354. The molecule has 1 atom stereocenters. The van der Waals surface area contributed by atoms with Gasteiger partial charge < -0.3 is 14.0 Å². The van der Waals surface area contributed by atoms with Gasteiger partial charge in [-0.3, -0.25) is 0 Å². The molecule has 0 radical (unpaired) electrons. The number of fused-ring (bicyclic) bond motifs is 1. The smallest absolute Gasteiger partial charge is 0.160 e. The summed E-state index contributed by atoms with van der Waals surface area (Å²) in [5.41, 5.74) is 4.50. The zero-order valence-corrected chi connectivity index (χ0v) is 18.9. The molecule has 4 aromatic rings. The first kappa shape index (κ1) is 21.3. The number of methoxy groups -OCH3 is 2. The van der Waals surface area contributed by atoms with Crippen LogP contribution in [0, 0.1) is 0 Å². The number of hydrogen-bond acceptors (Lipinski definition) is 3. The van der Waals surface area contributed by atoms with E-state index in [1.165, 1.54) is 11.1 Å². The first-order chi connectivity index (χ1) is 15.1. The Morgan fingerprint density at radius 3 is 2.42 bits per heavy atom. The number of ether oxygens (including phenoxy) is 2. The highest BCUT2D eigenvalue weighted by Crippen LogP contribution is 2.32. The van der Waals surface area contributed by atoms with Gasteiger partial charge in [-0.2, -0.15) is 0 Å². The average molecular weight is 435 g/mol. The largest absolute Gasteiger partial charge is 0.493 e. The van der Waals surface area contributed by atoms with Crippen molar-refractivity contribution in [3.05, 3.63) is 88.7 Å². The Labute approximate surface area is 188 Å². The number of aromatic nitrogens is 2. The molecule has 0 fully saturated rings. The van der Waals surface area contributed by atoms with Crippen molar-refractivity contribution in [2.75, 3.05) is 14.2 Å². The van der Waals surface area contributed by atoms with Crippen LogP contribution in [0.25, 0.3) is 11.0 Å². The normalized spacial score (nSPS) is 12.1. The summed E-state index contributed by atoms with van der Waals surface area (Å²) in [6.45, 7) is 3.01. The number of rotatable bonds is 8. The quantitative estimate of drug-likeness (QED) is 0.318. The Morgan fingerprint density at radius 1 is 0.935 bits per heavy atom. The van der Waals surface area contributed by atoms with Crippen LogP contribution in [0.3, 0.4) is 0 Å². The molecule has 0 amide bonds. The molecule has 0 aliphatic rings. The van der Waals surface area contributed by atoms with Gasteiger partial charge in [0.05, 0.1) is 25.3 Å². The van der Waals surface area contributed by atoms with Crippen molar-refractivity contribution in [1.82, 2.24) is 9.55 Å². The minimum atomic E-state index is 0.220. The van der Waals surface area contributed by atoms with E-state index >= 15 is 0 Å². The maximum absolute atomic E-state index is 6.35. The van der Waals surface area contributed by atoms with Crippen molar-refractivity contribution >= 4 is 22.6 Å². The lowest BCUT2D eigenvalue weighted by atomic mass is 9.95. The fourth-order valence-electron chi connectivity index (χ4n) is 4.15. The predicted octanol–water partition coefficient (Wildman–Crippen LogP) is 6.49. The minimum Gasteiger partial charge on any atom is -0.493 e. The minimum absolute atomic E-state index is 0.220. The zero-order valence-electron chi connectivity index (χ0n) is 18.1. The van der Waals surface area contributed by atoms with E-state index in [4.69, 9.17) is 26.1 Å². The van der Waals surface area contributed by atoms with Crippen LogP contribution >= 0.6 is 11.6 Å². The number of imidazole rings is 1. The van der Waals surface area contributed by atoms with Crippen molar-refractivity contribution < 1.29 is 9.47 Å². The van der Waals surface area contributed by atoms with Gasteiger partial charge in [-0.25, -0.2) is 4.98 Å². The molecule has 0 N–H and O–H groups in total. The molecule has 1 unspecified atom stereocenters. The molecule has 0 aliphatic heterocycles. The third kappa shape index (κ3) is 4.40. The number of nitrogens with zero attached hydrogens (tertiary/aromatic N) is 2. The van der Waals surface area contributed by atoms with Gasteiger partial charge in [0.2, 0.25) is 0 Å². The second kappa shape index (κ2) is 9.44. The number of aryl methyl sites for hydroxylation is 2. The van der Waals surface area contributed by atoms with Crippen molar-refractivity contribution in [3.63, 3.8) is 0 Å². The van der Waals surface area contributed by atoms with Crippen LogP contribution < -0.4 is 9.47 Å². The van der Waals surface area contributed by atoms with E-state index in [-0.39, 0.29) is 5.92 Å². The number of hydrogen-bond donors (Lipinski definition) is 0. The molecular formula is C26H27ClN2O2. The SMILES string of the molecule is CCC(c1ccccc1)c1nc2ccc(Cl)cc2n1CCc1ccc(OC)c(OC)c1. The van der Waals surface area contributed by atoms with Crippen LogP contribution in [0.5, 0.6) is 11.5 Å². The standard InChI is InChI=1S/C26H27ClN2O2/c1-4-21(19-8-6-5-7-9-19)26-28-22-12-11-20(27)17-23(22)29(26)15-14-18-10-13-24(30-2)25(16-18)31-3/h5-13,16-17,21H,4,14-15H2,1-3H3. The van der Waals surface area contributed by atoms with E-state index in [9.17, 15) is 0 Å². The summed E-state index contributed by atoms with van der Waals surface area (Å²) in [5.74, 6) is 2.78. The molecule has 160 valence electrons. The number of benzene rings is 3. The van der Waals surface area contributed by atoms with Crippen molar-refractivity contribution in [3.8, 4) is 11.5 Å². The van der Waals surface area contributed by atoms with Gasteiger partial charge in [0.15, 0.2) is 11.5 Å². The van der Waals surface area contributed by atoms with Gasteiger partial charge in [0, 0.05) is 17.5 Å². The molecule has 0 bridgehead atoms. The first-order valence-electron chi connectivity index (χ1n) is 10.6. The van der Waals surface area contributed by atoms with Gasteiger partial charge in [-0.05, 0) is 54.3 Å². The van der Waals surface area contributed by atoms with E-state index in [2.05, 4.69) is 47.9 Å². The van der Waals surface area contributed by atoms with Gasteiger partial charge in [-0.15, -0.1) is 0 Å². The molecule has 0 spiro atoms. The molecule has 0 saturated carbocycles. The summed E-state index contributed by atoms with van der Waals surface area (Å²) < 4.78 is 13.2. The highest BCUT2D eigenvalue weighted by Gasteiger charge is 2.21. The van der Waals surface area contributed by atoms with Crippen LogP contribution in [0.15, 0.2) is 66.7 Å². The molecule has 1 aromatic heterocycles. The Balaban J connectivity index is 1.74. The second-order valence-corrected chi connectivity index (χ2v) is 8.00. The predicted molar refractivity (Wildman–Crippen MR) is 127 cm³/mol. The van der Waals surface area contributed by atoms with E-state index in [0.717, 1.165) is 52.8 Å². The number of halogens is 1. The topological polar surface area (TPSA) is 36.3 Å². The lowest BCUT2D eigenvalue weighted by Crippen LogP contribution is -2.12. The molecule has 3 aromatic carbocycles. The van der Waals surface area contributed by atoms with Crippen molar-refractivity contribution in [1.29, 1.82) is 0 Å². The second-order valence-electron chi connectivity index (χ2n) is 7.57. The Kier molecular flexibility index (Phi) is 6.47. The van der Waals surface area contributed by atoms with Crippen LogP contribution in [-0.4, -0.2) is 23.8 Å². The van der Waals surface area contributed by atoms with E-state index in [1.54, 1.807) is 14.2 Å². The van der Waals surface area contributed by atoms with E-state index < -0.39 is 0 Å². The van der Waals surface area contributed by atoms with Crippen LogP contribution in [0.4, 0.5) is 0 Å². The third-order valence-corrected chi connectivity index (χ3v) is 5.97. The molecule has 4 nitrogen and oxygen atoms in total. The van der Waals surface area contributed by atoms with Crippen molar-refractivity contribution in [2.24, 2.45) is 0 Å². The van der Waals surface area contributed by atoms with Gasteiger partial charge in [0.25, 0.3) is 0 Å². The Bertz CT molecular complexity index is 1170. The van der Waals surface area contributed by atoms with Gasteiger partial charge in [0.1, 0.15) is 5.82 Å². The van der Waals surface area contributed by atoms with E-state index in [0.29, 0.717) is 0 Å². The molecule has 5 heteroatoms. The maximum atomic E-state index is 6.35. The molecule has 0 aliphatic carbocycles. The fraction of sp³-hybridized carbons (Fsp3) is 0.269. The summed E-state index contributed by atoms with van der Waals surface area (Å²) in [5, 5.41) is 0.721. The fourth-order valence-corrected chi connectivity index (χ4v) is 4.31. The Hall–Kier alpha value is -2.98. The summed E-state index contributed by atoms with van der Waals surface area (Å²) in [6.07, 6.45) is 1.81. The maximum Gasteiger partial charge on any atom is 0.160 e. The summed E-state index contributed by atoms with van der Waals surface area (Å²) in [7, 11) is 3.32. The highest BCUT2D eigenvalue weighted by atomic mass is 35.5. The molecule has 0 saturated heterocycles. The molecule has 4 rings (SSSR count). The van der Waals surface area contributed by atoms with Gasteiger partial charge in [-0.1, -0.05) is 54.9 Å². The summed E-state index contributed by atoms with van der Waals surface area (Å²) >= 11 is 6.35. The summed E-state index contributed by atoms with van der Waals surface area (Å²) in [6, 6.07) is 22.6. The van der Waals surface area contributed by atoms with Crippen LogP contribution in [0.2, 0.25) is 5.02 Å². The lowest BCUT2D eigenvalue weighted by Gasteiger charge is -2.18. The summed E-state index contributed by atoms with van der Waals surface area (Å²) in [4.78, 5) is 5.03. The van der Waals surface area contributed by atoms with Crippen molar-refractivity contribution in [2.45, 2.75) is 32.2 Å². The van der Waals surface area contributed by atoms with E-state index in [1.807, 2.05) is 30.3 Å². The average Bonchev–Trinajstić information content (AvgIpc) is 3.15. The van der Waals surface area contributed by atoms with Gasteiger partial charge >= 0.3 is 0 Å². The molecular weight excluding hydrogens is 408 g/mol. The third-order valence-electron chi connectivity index (χ3n) is 5.73. The monoisotopic (exact) mass is 434 g/mol.